The topological polar surface area (TPSA) is 26.3 Å². The molecule has 0 N–H and O–H groups in total. The number of esters is 1. The predicted octanol–water partition coefficient (Wildman–Crippen LogP) is 5.11. The molecule has 0 aliphatic heterocycles. The molecule has 3 unspecified atom stereocenters. The Labute approximate surface area is 143 Å². The van der Waals surface area contributed by atoms with Gasteiger partial charge in [-0.25, -0.2) is 4.79 Å². The van der Waals surface area contributed by atoms with Crippen LogP contribution in [0.25, 0.3) is 11.1 Å². The average Bonchev–Trinajstić information content (AvgIpc) is 3.21. The number of hydrogen-bond donors (Lipinski definition) is 0. The minimum Gasteiger partial charge on any atom is -0.461 e. The second-order valence-corrected chi connectivity index (χ2v) is 7.36. The number of carbonyl (C=O) groups excluding carboxylic acids is 1. The number of rotatable bonds is 4. The summed E-state index contributed by atoms with van der Waals surface area (Å²) in [4.78, 5) is 12.4. The molecule has 0 spiro atoms. The Hall–Kier alpha value is -2.35. The van der Waals surface area contributed by atoms with Gasteiger partial charge in [0.2, 0.25) is 0 Å². The summed E-state index contributed by atoms with van der Waals surface area (Å²) in [5.41, 5.74) is 2.99. The van der Waals surface area contributed by atoms with Crippen molar-refractivity contribution in [2.24, 2.45) is 17.3 Å². The van der Waals surface area contributed by atoms with E-state index in [0.717, 1.165) is 17.5 Å². The summed E-state index contributed by atoms with van der Waals surface area (Å²) in [5.74, 6) is 1.03. The summed E-state index contributed by atoms with van der Waals surface area (Å²) in [6.07, 6.45) is 6.97. The monoisotopic (exact) mass is 318 g/mol. The van der Waals surface area contributed by atoms with Crippen LogP contribution in [0, 0.1) is 17.3 Å². The second kappa shape index (κ2) is 5.94. The first kappa shape index (κ1) is 15.2. The first-order chi connectivity index (χ1) is 11.6. The van der Waals surface area contributed by atoms with Crippen LogP contribution >= 0.6 is 0 Å². The molecule has 2 aromatic rings. The highest BCUT2D eigenvalue weighted by Crippen LogP contribution is 2.51. The van der Waals surface area contributed by atoms with Crippen molar-refractivity contribution in [1.82, 2.24) is 0 Å². The Morgan fingerprint density at radius 3 is 2.38 bits per heavy atom. The van der Waals surface area contributed by atoms with Crippen LogP contribution in [0.1, 0.15) is 30.1 Å². The van der Waals surface area contributed by atoms with Crippen molar-refractivity contribution in [3.05, 3.63) is 72.3 Å². The quantitative estimate of drug-likeness (QED) is 0.578. The van der Waals surface area contributed by atoms with Crippen molar-refractivity contribution >= 4 is 5.97 Å². The number of hydrogen-bond acceptors (Lipinski definition) is 2. The van der Waals surface area contributed by atoms with Gasteiger partial charge >= 0.3 is 5.97 Å². The third-order valence-corrected chi connectivity index (χ3v) is 5.56. The highest BCUT2D eigenvalue weighted by Gasteiger charge is 2.45. The maximum absolute atomic E-state index is 12.4. The molecule has 1 saturated carbocycles. The molecular weight excluding hydrogens is 296 g/mol. The molecule has 0 heterocycles. The number of carbonyl (C=O) groups is 1. The van der Waals surface area contributed by atoms with Gasteiger partial charge in [-0.05, 0) is 47.9 Å². The van der Waals surface area contributed by atoms with Crippen LogP contribution in [0.2, 0.25) is 0 Å². The van der Waals surface area contributed by atoms with Gasteiger partial charge in [-0.3, -0.25) is 0 Å². The van der Waals surface area contributed by atoms with Crippen LogP contribution in [0.5, 0.6) is 0 Å². The van der Waals surface area contributed by atoms with Gasteiger partial charge in [0.25, 0.3) is 0 Å². The minimum absolute atomic E-state index is 0.110. The summed E-state index contributed by atoms with van der Waals surface area (Å²) in [6, 6.07) is 17.8. The van der Waals surface area contributed by atoms with Gasteiger partial charge < -0.3 is 4.74 Å². The predicted molar refractivity (Wildman–Crippen MR) is 95.6 cm³/mol. The Balaban J connectivity index is 1.41. The third-order valence-electron chi connectivity index (χ3n) is 5.56. The first-order valence-corrected chi connectivity index (χ1v) is 8.65. The number of fused-ring (bicyclic) bond motifs is 2. The van der Waals surface area contributed by atoms with Crippen molar-refractivity contribution in [3.63, 3.8) is 0 Å². The zero-order chi connectivity index (χ0) is 16.6. The molecule has 3 atom stereocenters. The molecule has 4 rings (SSSR count). The number of allylic oxidation sites excluding steroid dienone is 2. The molecule has 0 amide bonds. The molecule has 0 aromatic heterocycles. The van der Waals surface area contributed by atoms with Crippen LogP contribution in [0.4, 0.5) is 0 Å². The van der Waals surface area contributed by atoms with Crippen molar-refractivity contribution in [1.29, 1.82) is 0 Å². The fraction of sp³-hybridized carbons (Fsp3) is 0.318. The highest BCUT2D eigenvalue weighted by molar-refractivity contribution is 5.90. The van der Waals surface area contributed by atoms with Crippen LogP contribution < -0.4 is 0 Å². The summed E-state index contributed by atoms with van der Waals surface area (Å²) >= 11 is 0. The molecule has 24 heavy (non-hydrogen) atoms. The lowest BCUT2D eigenvalue weighted by molar-refractivity contribution is 0.0259. The first-order valence-electron chi connectivity index (χ1n) is 8.65. The standard InChI is InChI=1S/C22H22O2/c1-22(14-16-7-12-20(22)13-16)15-24-21(23)19-10-8-18(9-11-19)17-5-3-2-4-6-17/h2-12,16,20H,13-15H2,1H3. The lowest BCUT2D eigenvalue weighted by atomic mass is 9.78. The average molecular weight is 318 g/mol. The Morgan fingerprint density at radius 1 is 1.04 bits per heavy atom. The molecule has 2 bridgehead atoms. The van der Waals surface area contributed by atoms with E-state index >= 15 is 0 Å². The van der Waals surface area contributed by atoms with Crippen LogP contribution in [-0.2, 0) is 4.74 Å². The van der Waals surface area contributed by atoms with Gasteiger partial charge in [0, 0.05) is 5.41 Å². The van der Waals surface area contributed by atoms with Gasteiger partial charge in [-0.15, -0.1) is 0 Å². The zero-order valence-electron chi connectivity index (χ0n) is 13.9. The molecule has 0 saturated heterocycles. The molecule has 0 radical (unpaired) electrons. The van der Waals surface area contributed by atoms with Gasteiger partial charge in [0.15, 0.2) is 0 Å². The Morgan fingerprint density at radius 2 is 1.75 bits per heavy atom. The summed E-state index contributed by atoms with van der Waals surface area (Å²) in [7, 11) is 0. The molecule has 2 aliphatic carbocycles. The minimum atomic E-state index is -0.220. The summed E-state index contributed by atoms with van der Waals surface area (Å²) in [6.45, 7) is 2.75. The van der Waals surface area contributed by atoms with E-state index in [4.69, 9.17) is 4.74 Å². The summed E-state index contributed by atoms with van der Waals surface area (Å²) in [5, 5.41) is 0. The third kappa shape index (κ3) is 2.77. The second-order valence-electron chi connectivity index (χ2n) is 7.36. The highest BCUT2D eigenvalue weighted by atomic mass is 16.5. The van der Waals surface area contributed by atoms with E-state index < -0.39 is 0 Å². The van der Waals surface area contributed by atoms with Crippen molar-refractivity contribution < 1.29 is 9.53 Å². The normalized spacial score (nSPS) is 27.4. The number of ether oxygens (including phenoxy) is 1. The fourth-order valence-corrected chi connectivity index (χ4v) is 4.10. The Kier molecular flexibility index (Phi) is 3.76. The molecule has 2 aliphatic rings. The van der Waals surface area contributed by atoms with E-state index in [-0.39, 0.29) is 11.4 Å². The maximum atomic E-state index is 12.4. The van der Waals surface area contributed by atoms with E-state index in [1.165, 1.54) is 6.42 Å². The lowest BCUT2D eigenvalue weighted by Crippen LogP contribution is -2.29. The molecular formula is C22H22O2. The van der Waals surface area contributed by atoms with Crippen LogP contribution in [0.15, 0.2) is 66.7 Å². The van der Waals surface area contributed by atoms with Gasteiger partial charge in [0.05, 0.1) is 12.2 Å². The van der Waals surface area contributed by atoms with E-state index in [2.05, 4.69) is 31.2 Å². The Bertz CT molecular complexity index is 760. The summed E-state index contributed by atoms with van der Waals surface area (Å²) < 4.78 is 5.64. The SMILES string of the molecule is CC1(COC(=O)c2ccc(-c3ccccc3)cc2)CC2C=CC1C2. The van der Waals surface area contributed by atoms with E-state index in [0.29, 0.717) is 24.0 Å². The molecule has 122 valence electrons. The van der Waals surface area contributed by atoms with Crippen LogP contribution in [-0.4, -0.2) is 12.6 Å². The molecule has 2 aromatic carbocycles. The van der Waals surface area contributed by atoms with Crippen molar-refractivity contribution in [2.75, 3.05) is 6.61 Å². The smallest absolute Gasteiger partial charge is 0.338 e. The lowest BCUT2D eigenvalue weighted by Gasteiger charge is -2.30. The van der Waals surface area contributed by atoms with E-state index in [1.54, 1.807) is 0 Å². The zero-order valence-corrected chi connectivity index (χ0v) is 13.9. The van der Waals surface area contributed by atoms with Crippen molar-refractivity contribution in [2.45, 2.75) is 19.8 Å². The molecule has 2 nitrogen and oxygen atoms in total. The fourth-order valence-electron chi connectivity index (χ4n) is 4.10. The molecule has 1 fully saturated rings. The number of benzene rings is 2. The van der Waals surface area contributed by atoms with Crippen LogP contribution in [0.3, 0.4) is 0 Å². The largest absolute Gasteiger partial charge is 0.461 e. The molecule has 2 heteroatoms. The van der Waals surface area contributed by atoms with Crippen molar-refractivity contribution in [3.8, 4) is 11.1 Å². The van der Waals surface area contributed by atoms with E-state index in [9.17, 15) is 4.79 Å². The van der Waals surface area contributed by atoms with Gasteiger partial charge in [-0.1, -0.05) is 61.5 Å². The van der Waals surface area contributed by atoms with Gasteiger partial charge in [-0.2, -0.15) is 0 Å². The van der Waals surface area contributed by atoms with Gasteiger partial charge in [0.1, 0.15) is 0 Å². The maximum Gasteiger partial charge on any atom is 0.338 e. The van der Waals surface area contributed by atoms with E-state index in [1.807, 2.05) is 42.5 Å².